The molecule has 0 bridgehead atoms. The third-order valence-electron chi connectivity index (χ3n) is 4.93. The van der Waals surface area contributed by atoms with Gasteiger partial charge in [-0.15, -0.1) is 11.3 Å². The molecule has 3 heterocycles. The van der Waals surface area contributed by atoms with Gasteiger partial charge < -0.3 is 10.2 Å². The summed E-state index contributed by atoms with van der Waals surface area (Å²) in [5.74, 6) is 0.417. The number of aromatic nitrogens is 2. The number of hydrogen-bond acceptors (Lipinski definition) is 5. The smallest absolute Gasteiger partial charge is 0.274 e. The van der Waals surface area contributed by atoms with Crippen LogP contribution in [-0.4, -0.2) is 39.9 Å². The monoisotopic (exact) mass is 474 g/mol. The number of anilines is 1. The van der Waals surface area contributed by atoms with Crippen molar-refractivity contribution in [3.8, 4) is 10.4 Å². The van der Waals surface area contributed by atoms with Crippen molar-refractivity contribution >= 4 is 39.0 Å². The number of amides is 1. The molecule has 1 atom stereocenters. The van der Waals surface area contributed by atoms with Crippen LogP contribution in [0.1, 0.15) is 28.3 Å². The molecule has 2 aromatic heterocycles. The van der Waals surface area contributed by atoms with Gasteiger partial charge in [-0.05, 0) is 65.5 Å². The van der Waals surface area contributed by atoms with E-state index in [4.69, 9.17) is 0 Å². The van der Waals surface area contributed by atoms with Crippen LogP contribution in [-0.2, 0) is 0 Å². The van der Waals surface area contributed by atoms with E-state index in [2.05, 4.69) is 31.2 Å². The van der Waals surface area contributed by atoms with Gasteiger partial charge in [-0.2, -0.15) is 0 Å². The molecule has 8 heteroatoms. The van der Waals surface area contributed by atoms with Gasteiger partial charge in [-0.1, -0.05) is 12.1 Å². The number of hydrogen-bond donors (Lipinski definition) is 1. The molecule has 0 radical (unpaired) electrons. The van der Waals surface area contributed by atoms with Crippen LogP contribution >= 0.6 is 27.3 Å². The minimum absolute atomic E-state index is 0.0678. The quantitative estimate of drug-likeness (QED) is 0.556. The maximum Gasteiger partial charge on any atom is 0.274 e. The zero-order valence-electron chi connectivity index (χ0n) is 15.9. The van der Waals surface area contributed by atoms with Gasteiger partial charge in [0.15, 0.2) is 0 Å². The van der Waals surface area contributed by atoms with Crippen molar-refractivity contribution in [3.63, 3.8) is 0 Å². The second kappa shape index (κ2) is 8.59. The van der Waals surface area contributed by atoms with Crippen LogP contribution in [0.25, 0.3) is 10.4 Å². The summed E-state index contributed by atoms with van der Waals surface area (Å²) < 4.78 is 14.2. The maximum absolute atomic E-state index is 13.3. The van der Waals surface area contributed by atoms with E-state index in [9.17, 15) is 9.18 Å². The summed E-state index contributed by atoms with van der Waals surface area (Å²) in [6.07, 6.45) is 3.64. The molecule has 0 unspecified atom stereocenters. The Morgan fingerprint density at radius 1 is 1.31 bits per heavy atom. The lowest BCUT2D eigenvalue weighted by Crippen LogP contribution is -2.40. The average molecular weight is 475 g/mol. The van der Waals surface area contributed by atoms with E-state index < -0.39 is 0 Å². The maximum atomic E-state index is 13.3. The Balaban J connectivity index is 1.52. The number of nitrogens with one attached hydrogen (secondary N) is 1. The number of benzene rings is 1. The highest BCUT2D eigenvalue weighted by Crippen LogP contribution is 2.32. The van der Waals surface area contributed by atoms with Gasteiger partial charge in [0.1, 0.15) is 17.3 Å². The molecule has 4 rings (SSSR count). The van der Waals surface area contributed by atoms with Crippen LogP contribution < -0.4 is 5.32 Å². The number of aryl methyl sites for hydroxylation is 1. The first-order chi connectivity index (χ1) is 14.0. The van der Waals surface area contributed by atoms with Crippen LogP contribution in [0.4, 0.5) is 10.2 Å². The SMILES string of the molecule is Cc1nc(C(=O)N2CCC[C@H]2CNc2ccc(Br)cn2)c(-c2ccc(F)cc2)s1. The van der Waals surface area contributed by atoms with Crippen molar-refractivity contribution in [1.29, 1.82) is 0 Å². The minimum Gasteiger partial charge on any atom is -0.368 e. The fourth-order valence-corrected chi connectivity index (χ4v) is 4.67. The van der Waals surface area contributed by atoms with Crippen LogP contribution in [0, 0.1) is 12.7 Å². The van der Waals surface area contributed by atoms with E-state index >= 15 is 0 Å². The number of rotatable bonds is 5. The van der Waals surface area contributed by atoms with Crippen molar-refractivity contribution in [2.75, 3.05) is 18.4 Å². The normalized spacial score (nSPS) is 16.2. The standard InChI is InChI=1S/C21H20BrFN4OS/c1-13-26-19(20(29-13)14-4-7-16(23)8-5-14)21(28)27-10-2-3-17(27)12-25-18-9-6-15(22)11-24-18/h4-9,11,17H,2-3,10,12H2,1H3,(H,24,25)/t17-/m0/s1. The Morgan fingerprint density at radius 2 is 2.10 bits per heavy atom. The lowest BCUT2D eigenvalue weighted by atomic mass is 10.1. The Kier molecular flexibility index (Phi) is 5.91. The molecule has 3 aromatic rings. The van der Waals surface area contributed by atoms with Gasteiger partial charge in [-0.3, -0.25) is 4.79 Å². The fourth-order valence-electron chi connectivity index (χ4n) is 3.52. The highest BCUT2D eigenvalue weighted by molar-refractivity contribution is 9.10. The molecule has 0 aliphatic carbocycles. The molecule has 0 spiro atoms. The summed E-state index contributed by atoms with van der Waals surface area (Å²) in [7, 11) is 0. The van der Waals surface area contributed by atoms with Crippen LogP contribution in [0.5, 0.6) is 0 Å². The number of thiazole rings is 1. The molecule has 1 amide bonds. The van der Waals surface area contributed by atoms with E-state index in [1.165, 1.54) is 23.5 Å². The lowest BCUT2D eigenvalue weighted by molar-refractivity contribution is 0.0739. The third kappa shape index (κ3) is 4.48. The largest absolute Gasteiger partial charge is 0.368 e. The molecular formula is C21H20BrFN4OS. The molecule has 1 aliphatic rings. The van der Waals surface area contributed by atoms with Crippen LogP contribution in [0.15, 0.2) is 47.1 Å². The van der Waals surface area contributed by atoms with E-state index in [0.29, 0.717) is 18.8 Å². The third-order valence-corrected chi connectivity index (χ3v) is 6.42. The number of carbonyl (C=O) groups excluding carboxylic acids is 1. The first-order valence-electron chi connectivity index (χ1n) is 9.41. The van der Waals surface area contributed by atoms with Gasteiger partial charge >= 0.3 is 0 Å². The minimum atomic E-state index is -0.296. The molecule has 5 nitrogen and oxygen atoms in total. The summed E-state index contributed by atoms with van der Waals surface area (Å²) in [5.41, 5.74) is 1.26. The topological polar surface area (TPSA) is 58.1 Å². The highest BCUT2D eigenvalue weighted by atomic mass is 79.9. The predicted octanol–water partition coefficient (Wildman–Crippen LogP) is 5.13. The van der Waals surface area contributed by atoms with Crippen molar-refractivity contribution in [3.05, 3.63) is 63.6 Å². The second-order valence-electron chi connectivity index (χ2n) is 6.95. The zero-order valence-corrected chi connectivity index (χ0v) is 18.3. The molecule has 1 saturated heterocycles. The first kappa shape index (κ1) is 20.0. The number of carbonyl (C=O) groups is 1. The Hall–Kier alpha value is -2.32. The van der Waals surface area contributed by atoms with Gasteiger partial charge in [0.05, 0.1) is 9.88 Å². The summed E-state index contributed by atoms with van der Waals surface area (Å²) >= 11 is 4.84. The van der Waals surface area contributed by atoms with Crippen molar-refractivity contribution in [2.24, 2.45) is 0 Å². The number of halogens is 2. The summed E-state index contributed by atoms with van der Waals surface area (Å²) in [6, 6.07) is 10.1. The first-order valence-corrected chi connectivity index (χ1v) is 11.0. The van der Waals surface area contributed by atoms with Crippen molar-refractivity contribution in [2.45, 2.75) is 25.8 Å². The van der Waals surface area contributed by atoms with E-state index in [1.807, 2.05) is 24.0 Å². The number of pyridine rings is 1. The molecule has 1 N–H and O–H groups in total. The van der Waals surface area contributed by atoms with Crippen molar-refractivity contribution in [1.82, 2.24) is 14.9 Å². The Labute approximate surface area is 181 Å². The summed E-state index contributed by atoms with van der Waals surface area (Å²) in [6.45, 7) is 3.23. The number of nitrogens with zero attached hydrogens (tertiary/aromatic N) is 3. The predicted molar refractivity (Wildman–Crippen MR) is 117 cm³/mol. The Morgan fingerprint density at radius 3 is 2.83 bits per heavy atom. The molecule has 1 aromatic carbocycles. The van der Waals surface area contributed by atoms with Gasteiger partial charge in [0, 0.05) is 29.8 Å². The molecular weight excluding hydrogens is 455 g/mol. The van der Waals surface area contributed by atoms with Gasteiger partial charge in [0.2, 0.25) is 0 Å². The molecule has 1 fully saturated rings. The molecule has 0 saturated carbocycles. The molecule has 29 heavy (non-hydrogen) atoms. The van der Waals surface area contributed by atoms with Crippen molar-refractivity contribution < 1.29 is 9.18 Å². The van der Waals surface area contributed by atoms with Crippen LogP contribution in [0.2, 0.25) is 0 Å². The zero-order chi connectivity index (χ0) is 20.4. The summed E-state index contributed by atoms with van der Waals surface area (Å²) in [5, 5.41) is 4.14. The van der Waals surface area contributed by atoms with Gasteiger partial charge in [0.25, 0.3) is 5.91 Å². The highest BCUT2D eigenvalue weighted by Gasteiger charge is 2.32. The molecule has 150 valence electrons. The van der Waals surface area contributed by atoms with E-state index in [0.717, 1.165) is 38.6 Å². The summed E-state index contributed by atoms with van der Waals surface area (Å²) in [4.78, 5) is 24.9. The second-order valence-corrected chi connectivity index (χ2v) is 9.07. The average Bonchev–Trinajstić information content (AvgIpc) is 3.34. The van der Waals surface area contributed by atoms with E-state index in [1.54, 1.807) is 18.3 Å². The van der Waals surface area contributed by atoms with E-state index in [-0.39, 0.29) is 17.8 Å². The lowest BCUT2D eigenvalue weighted by Gasteiger charge is -2.25. The van der Waals surface area contributed by atoms with Gasteiger partial charge in [-0.25, -0.2) is 14.4 Å². The number of likely N-dealkylation sites (tertiary alicyclic amines) is 1. The Bertz CT molecular complexity index is 1010. The fraction of sp³-hybridized carbons (Fsp3) is 0.286. The van der Waals surface area contributed by atoms with Crippen LogP contribution in [0.3, 0.4) is 0 Å². The molecule has 1 aliphatic heterocycles.